The standard InChI is InChI=1S/C14H11ClN2OS/c15-13-4-2-11(19-13)8-17-14(18)10-1-3-12-9(7-10)5-6-16-12/h1-7,16H,8H2,(H,17,18). The van der Waals surface area contributed by atoms with Gasteiger partial charge < -0.3 is 10.3 Å². The fourth-order valence-corrected chi connectivity index (χ4v) is 2.94. The maximum Gasteiger partial charge on any atom is 0.251 e. The smallest absolute Gasteiger partial charge is 0.251 e. The first kappa shape index (κ1) is 12.3. The molecule has 0 bridgehead atoms. The van der Waals surface area contributed by atoms with Gasteiger partial charge >= 0.3 is 0 Å². The second kappa shape index (κ2) is 5.07. The number of rotatable bonds is 3. The summed E-state index contributed by atoms with van der Waals surface area (Å²) in [5.74, 6) is -0.0763. The maximum absolute atomic E-state index is 12.0. The van der Waals surface area contributed by atoms with E-state index in [0.717, 1.165) is 20.1 Å². The molecule has 5 heteroatoms. The summed E-state index contributed by atoms with van der Waals surface area (Å²) < 4.78 is 0.734. The van der Waals surface area contributed by atoms with E-state index < -0.39 is 0 Å². The van der Waals surface area contributed by atoms with Crippen molar-refractivity contribution in [2.24, 2.45) is 0 Å². The summed E-state index contributed by atoms with van der Waals surface area (Å²) in [6.07, 6.45) is 1.86. The van der Waals surface area contributed by atoms with Gasteiger partial charge in [-0.25, -0.2) is 0 Å². The van der Waals surface area contributed by atoms with Crippen molar-refractivity contribution in [3.63, 3.8) is 0 Å². The van der Waals surface area contributed by atoms with E-state index in [-0.39, 0.29) is 5.91 Å². The van der Waals surface area contributed by atoms with Crippen LogP contribution in [0, 0.1) is 0 Å². The molecule has 1 aromatic carbocycles. The number of fused-ring (bicyclic) bond motifs is 1. The van der Waals surface area contributed by atoms with Crippen molar-refractivity contribution in [3.05, 3.63) is 57.4 Å². The Hall–Kier alpha value is -1.78. The highest BCUT2D eigenvalue weighted by Gasteiger charge is 2.07. The van der Waals surface area contributed by atoms with E-state index in [2.05, 4.69) is 10.3 Å². The average Bonchev–Trinajstić information content (AvgIpc) is 3.03. The van der Waals surface area contributed by atoms with Gasteiger partial charge in [-0.05, 0) is 36.4 Å². The number of nitrogens with one attached hydrogen (secondary N) is 2. The Kier molecular flexibility index (Phi) is 3.27. The van der Waals surface area contributed by atoms with Gasteiger partial charge in [-0.15, -0.1) is 11.3 Å². The molecular formula is C14H11ClN2OS. The summed E-state index contributed by atoms with van der Waals surface area (Å²) in [7, 11) is 0. The number of halogens is 1. The number of aromatic nitrogens is 1. The number of hydrogen-bond acceptors (Lipinski definition) is 2. The number of hydrogen-bond donors (Lipinski definition) is 2. The van der Waals surface area contributed by atoms with Crippen LogP contribution in [-0.2, 0) is 6.54 Å². The van der Waals surface area contributed by atoms with Gasteiger partial charge in [0.25, 0.3) is 5.91 Å². The Labute approximate surface area is 119 Å². The lowest BCUT2D eigenvalue weighted by Crippen LogP contribution is -2.22. The summed E-state index contributed by atoms with van der Waals surface area (Å²) in [6, 6.07) is 11.3. The van der Waals surface area contributed by atoms with Gasteiger partial charge in [0.15, 0.2) is 0 Å². The van der Waals surface area contributed by atoms with Crippen LogP contribution in [0.5, 0.6) is 0 Å². The average molecular weight is 291 g/mol. The monoisotopic (exact) mass is 290 g/mol. The van der Waals surface area contributed by atoms with Crippen LogP contribution in [0.3, 0.4) is 0 Å². The van der Waals surface area contributed by atoms with Crippen LogP contribution in [0.4, 0.5) is 0 Å². The zero-order valence-electron chi connectivity index (χ0n) is 9.94. The molecule has 0 aliphatic heterocycles. The number of H-pyrrole nitrogens is 1. The predicted molar refractivity (Wildman–Crippen MR) is 78.8 cm³/mol. The Balaban J connectivity index is 1.72. The Bertz CT molecular complexity index is 732. The normalized spacial score (nSPS) is 10.8. The van der Waals surface area contributed by atoms with Crippen LogP contribution in [0.2, 0.25) is 4.34 Å². The van der Waals surface area contributed by atoms with Crippen molar-refractivity contribution < 1.29 is 4.79 Å². The first-order chi connectivity index (χ1) is 9.22. The summed E-state index contributed by atoms with van der Waals surface area (Å²) in [4.78, 5) is 16.2. The highest BCUT2D eigenvalue weighted by molar-refractivity contribution is 7.16. The molecule has 3 aromatic rings. The second-order valence-corrected chi connectivity index (χ2v) is 5.97. The highest BCUT2D eigenvalue weighted by atomic mass is 35.5. The molecule has 0 saturated heterocycles. The molecular weight excluding hydrogens is 280 g/mol. The molecule has 96 valence electrons. The van der Waals surface area contributed by atoms with Gasteiger partial charge in [0.05, 0.1) is 10.9 Å². The van der Waals surface area contributed by atoms with Crippen molar-refractivity contribution in [2.45, 2.75) is 6.54 Å². The molecule has 2 heterocycles. The quantitative estimate of drug-likeness (QED) is 0.757. The third kappa shape index (κ3) is 2.64. The minimum absolute atomic E-state index is 0.0763. The van der Waals surface area contributed by atoms with Crippen molar-refractivity contribution in [3.8, 4) is 0 Å². The Morgan fingerprint density at radius 1 is 1.26 bits per heavy atom. The van der Waals surface area contributed by atoms with Crippen LogP contribution in [-0.4, -0.2) is 10.9 Å². The number of benzene rings is 1. The van der Waals surface area contributed by atoms with Gasteiger partial charge in [0.1, 0.15) is 0 Å². The number of carbonyl (C=O) groups is 1. The van der Waals surface area contributed by atoms with E-state index in [0.29, 0.717) is 12.1 Å². The molecule has 3 rings (SSSR count). The molecule has 3 nitrogen and oxygen atoms in total. The van der Waals surface area contributed by atoms with E-state index in [1.165, 1.54) is 11.3 Å². The Morgan fingerprint density at radius 3 is 2.95 bits per heavy atom. The fourth-order valence-electron chi connectivity index (χ4n) is 1.91. The van der Waals surface area contributed by atoms with Crippen LogP contribution in [0.1, 0.15) is 15.2 Å². The van der Waals surface area contributed by atoms with Gasteiger partial charge in [-0.1, -0.05) is 11.6 Å². The summed E-state index contributed by atoms with van der Waals surface area (Å²) in [6.45, 7) is 0.501. The first-order valence-corrected chi connectivity index (χ1v) is 7.01. The molecule has 0 aliphatic rings. The van der Waals surface area contributed by atoms with E-state index >= 15 is 0 Å². The van der Waals surface area contributed by atoms with Crippen molar-refractivity contribution >= 4 is 39.7 Å². The maximum atomic E-state index is 12.0. The minimum atomic E-state index is -0.0763. The SMILES string of the molecule is O=C(NCc1ccc(Cl)s1)c1ccc2[nH]ccc2c1. The van der Waals surface area contributed by atoms with Gasteiger partial charge in [0.2, 0.25) is 0 Å². The molecule has 0 radical (unpaired) electrons. The fraction of sp³-hybridized carbons (Fsp3) is 0.0714. The van der Waals surface area contributed by atoms with Crippen LogP contribution in [0.15, 0.2) is 42.6 Å². The number of thiophene rings is 1. The number of aromatic amines is 1. The molecule has 2 aromatic heterocycles. The van der Waals surface area contributed by atoms with Crippen LogP contribution < -0.4 is 5.32 Å². The Morgan fingerprint density at radius 2 is 2.16 bits per heavy atom. The second-order valence-electron chi connectivity index (χ2n) is 4.17. The van der Waals surface area contributed by atoms with Gasteiger partial charge in [0, 0.05) is 27.5 Å². The van der Waals surface area contributed by atoms with Gasteiger partial charge in [-0.2, -0.15) is 0 Å². The van der Waals surface area contributed by atoms with E-state index in [1.54, 1.807) is 0 Å². The van der Waals surface area contributed by atoms with Crippen LogP contribution >= 0.6 is 22.9 Å². The predicted octanol–water partition coefficient (Wildman–Crippen LogP) is 3.81. The molecule has 19 heavy (non-hydrogen) atoms. The lowest BCUT2D eigenvalue weighted by molar-refractivity contribution is 0.0951. The first-order valence-electron chi connectivity index (χ1n) is 5.82. The topological polar surface area (TPSA) is 44.9 Å². The zero-order valence-corrected chi connectivity index (χ0v) is 11.5. The van der Waals surface area contributed by atoms with E-state index in [9.17, 15) is 4.79 Å². The minimum Gasteiger partial charge on any atom is -0.361 e. The third-order valence-corrected chi connectivity index (χ3v) is 4.10. The lowest BCUT2D eigenvalue weighted by Gasteiger charge is -2.03. The van der Waals surface area contributed by atoms with Gasteiger partial charge in [-0.3, -0.25) is 4.79 Å². The molecule has 0 spiro atoms. The third-order valence-electron chi connectivity index (χ3n) is 2.87. The lowest BCUT2D eigenvalue weighted by atomic mass is 10.1. The molecule has 1 amide bonds. The van der Waals surface area contributed by atoms with E-state index in [4.69, 9.17) is 11.6 Å². The summed E-state index contributed by atoms with van der Waals surface area (Å²) in [5.41, 5.74) is 1.69. The largest absolute Gasteiger partial charge is 0.361 e. The van der Waals surface area contributed by atoms with E-state index in [1.807, 2.05) is 42.6 Å². The van der Waals surface area contributed by atoms with Crippen molar-refractivity contribution in [1.82, 2.24) is 10.3 Å². The molecule has 0 atom stereocenters. The number of amides is 1. The summed E-state index contributed by atoms with van der Waals surface area (Å²) >= 11 is 7.32. The van der Waals surface area contributed by atoms with Crippen molar-refractivity contribution in [2.75, 3.05) is 0 Å². The molecule has 0 unspecified atom stereocenters. The zero-order chi connectivity index (χ0) is 13.2. The summed E-state index contributed by atoms with van der Waals surface area (Å²) in [5, 5.41) is 3.92. The van der Waals surface area contributed by atoms with Crippen LogP contribution in [0.25, 0.3) is 10.9 Å². The number of carbonyl (C=O) groups excluding carboxylic acids is 1. The highest BCUT2D eigenvalue weighted by Crippen LogP contribution is 2.21. The molecule has 0 saturated carbocycles. The molecule has 0 aliphatic carbocycles. The molecule has 2 N–H and O–H groups in total. The molecule has 0 fully saturated rings. The van der Waals surface area contributed by atoms with Crippen molar-refractivity contribution in [1.29, 1.82) is 0 Å².